The summed E-state index contributed by atoms with van der Waals surface area (Å²) in [6, 6.07) is 2.02. The molecule has 0 heterocycles. The molecule has 0 aliphatic carbocycles. The largest absolute Gasteiger partial charge is 0.462 e. The molecule has 0 aliphatic heterocycles. The van der Waals surface area contributed by atoms with Crippen LogP contribution in [0.5, 0.6) is 0 Å². The highest BCUT2D eigenvalue weighted by Gasteiger charge is 2.06. The van der Waals surface area contributed by atoms with Crippen molar-refractivity contribution in [2.24, 2.45) is 0 Å². The molecule has 0 spiro atoms. The number of thioether (sulfide) groups is 1. The molecule has 0 aromatic carbocycles. The second-order valence-corrected chi connectivity index (χ2v) is 3.77. The van der Waals surface area contributed by atoms with E-state index in [1.54, 1.807) is 0 Å². The predicted molar refractivity (Wildman–Crippen MR) is 53.4 cm³/mol. The van der Waals surface area contributed by atoms with E-state index in [1.165, 1.54) is 11.8 Å². The highest BCUT2D eigenvalue weighted by atomic mass is 32.2. The zero-order chi connectivity index (χ0) is 10.1. The van der Waals surface area contributed by atoms with E-state index < -0.39 is 0 Å². The minimum atomic E-state index is -0.183. The Morgan fingerprint density at radius 1 is 1.69 bits per heavy atom. The average molecular weight is 201 g/mol. The highest BCUT2D eigenvalue weighted by Crippen LogP contribution is 2.04. The Morgan fingerprint density at radius 3 is 2.92 bits per heavy atom. The van der Waals surface area contributed by atoms with E-state index in [0.29, 0.717) is 17.9 Å². The van der Waals surface area contributed by atoms with Crippen molar-refractivity contribution in [3.8, 4) is 6.07 Å². The van der Waals surface area contributed by atoms with Gasteiger partial charge in [-0.3, -0.25) is 4.79 Å². The lowest BCUT2D eigenvalue weighted by atomic mass is 10.3. The minimum absolute atomic E-state index is 0.00377. The van der Waals surface area contributed by atoms with Crippen molar-refractivity contribution < 1.29 is 9.53 Å². The van der Waals surface area contributed by atoms with Gasteiger partial charge in [0, 0.05) is 12.2 Å². The molecule has 0 saturated heterocycles. The Bertz CT molecular complexity index is 189. The first-order chi connectivity index (χ1) is 6.20. The number of rotatable bonds is 6. The van der Waals surface area contributed by atoms with Gasteiger partial charge in [0.1, 0.15) is 0 Å². The van der Waals surface area contributed by atoms with Gasteiger partial charge in [-0.05, 0) is 13.3 Å². The highest BCUT2D eigenvalue weighted by molar-refractivity contribution is 7.99. The molecule has 0 radical (unpaired) electrons. The maximum atomic E-state index is 11.0. The zero-order valence-corrected chi connectivity index (χ0v) is 8.89. The van der Waals surface area contributed by atoms with E-state index in [-0.39, 0.29) is 12.1 Å². The van der Waals surface area contributed by atoms with Crippen molar-refractivity contribution in [2.45, 2.75) is 32.8 Å². The molecule has 0 saturated carbocycles. The molecular weight excluding hydrogens is 186 g/mol. The first kappa shape index (κ1) is 12.3. The summed E-state index contributed by atoms with van der Waals surface area (Å²) < 4.78 is 5.04. The summed E-state index contributed by atoms with van der Waals surface area (Å²) in [6.07, 6.45) is 1.33. The molecule has 0 aromatic rings. The van der Waals surface area contributed by atoms with Crippen LogP contribution in [0.15, 0.2) is 0 Å². The number of ether oxygens (including phenoxy) is 1. The van der Waals surface area contributed by atoms with Crippen molar-refractivity contribution in [2.75, 3.05) is 11.5 Å². The third-order valence-corrected chi connectivity index (χ3v) is 2.42. The van der Waals surface area contributed by atoms with Crippen molar-refractivity contribution in [3.05, 3.63) is 0 Å². The Balaban J connectivity index is 3.36. The van der Waals surface area contributed by atoms with Gasteiger partial charge in [0.05, 0.1) is 17.9 Å². The van der Waals surface area contributed by atoms with Crippen LogP contribution < -0.4 is 0 Å². The van der Waals surface area contributed by atoms with E-state index >= 15 is 0 Å². The standard InChI is InChI=1S/C9H15NO2S/c1-3-8(2)12-9(11)7-13-6-4-5-10/h8H,3-4,6-7H2,1-2H3. The first-order valence-electron chi connectivity index (χ1n) is 4.34. The van der Waals surface area contributed by atoms with Crippen LogP contribution in [0.1, 0.15) is 26.7 Å². The molecule has 0 bridgehead atoms. The van der Waals surface area contributed by atoms with Gasteiger partial charge >= 0.3 is 5.97 Å². The summed E-state index contributed by atoms with van der Waals surface area (Å²) in [7, 11) is 0. The molecule has 3 nitrogen and oxygen atoms in total. The average Bonchev–Trinajstić information content (AvgIpc) is 2.12. The summed E-state index contributed by atoms with van der Waals surface area (Å²) in [5.74, 6) is 0.871. The van der Waals surface area contributed by atoms with Crippen molar-refractivity contribution in [1.29, 1.82) is 5.26 Å². The lowest BCUT2D eigenvalue weighted by Gasteiger charge is -2.09. The van der Waals surface area contributed by atoms with Crippen molar-refractivity contribution >= 4 is 17.7 Å². The summed E-state index contributed by atoms with van der Waals surface area (Å²) in [4.78, 5) is 11.0. The van der Waals surface area contributed by atoms with E-state index in [1.807, 2.05) is 19.9 Å². The molecule has 1 atom stereocenters. The zero-order valence-electron chi connectivity index (χ0n) is 8.08. The molecule has 0 aromatic heterocycles. The van der Waals surface area contributed by atoms with Gasteiger partial charge in [0.15, 0.2) is 0 Å². The molecule has 13 heavy (non-hydrogen) atoms. The number of carbonyl (C=O) groups is 1. The van der Waals surface area contributed by atoms with Crippen LogP contribution in [0.25, 0.3) is 0 Å². The van der Waals surface area contributed by atoms with Crippen LogP contribution in [0.2, 0.25) is 0 Å². The Morgan fingerprint density at radius 2 is 2.38 bits per heavy atom. The van der Waals surface area contributed by atoms with Crippen LogP contribution >= 0.6 is 11.8 Å². The van der Waals surface area contributed by atoms with Gasteiger partial charge in [-0.25, -0.2) is 0 Å². The Kier molecular flexibility index (Phi) is 7.51. The number of esters is 1. The van der Waals surface area contributed by atoms with E-state index in [9.17, 15) is 4.79 Å². The summed E-state index contributed by atoms with van der Waals surface area (Å²) in [6.45, 7) is 3.85. The molecule has 4 heteroatoms. The normalized spacial score (nSPS) is 11.8. The van der Waals surface area contributed by atoms with Crippen LogP contribution in [0.3, 0.4) is 0 Å². The minimum Gasteiger partial charge on any atom is -0.462 e. The molecule has 0 amide bonds. The molecule has 1 unspecified atom stereocenters. The SMILES string of the molecule is CCC(C)OC(=O)CSCCC#N. The van der Waals surface area contributed by atoms with Gasteiger partial charge in [-0.15, -0.1) is 11.8 Å². The number of carbonyl (C=O) groups excluding carboxylic acids is 1. The van der Waals surface area contributed by atoms with Crippen LogP contribution in [0.4, 0.5) is 0 Å². The Labute approximate surface area is 83.4 Å². The van der Waals surface area contributed by atoms with Gasteiger partial charge in [0.2, 0.25) is 0 Å². The molecule has 0 fully saturated rings. The number of hydrogen-bond acceptors (Lipinski definition) is 4. The van der Waals surface area contributed by atoms with Crippen LogP contribution in [0, 0.1) is 11.3 Å². The topological polar surface area (TPSA) is 50.1 Å². The molecular formula is C9H15NO2S. The number of nitrogens with zero attached hydrogens (tertiary/aromatic N) is 1. The predicted octanol–water partition coefficient (Wildman–Crippen LogP) is 1.97. The fourth-order valence-corrected chi connectivity index (χ4v) is 1.23. The van der Waals surface area contributed by atoms with Crippen LogP contribution in [-0.4, -0.2) is 23.6 Å². The molecule has 74 valence electrons. The van der Waals surface area contributed by atoms with Gasteiger partial charge < -0.3 is 4.74 Å². The van der Waals surface area contributed by atoms with Gasteiger partial charge in [-0.1, -0.05) is 6.92 Å². The van der Waals surface area contributed by atoms with E-state index in [0.717, 1.165) is 6.42 Å². The summed E-state index contributed by atoms with van der Waals surface area (Å²) in [5.41, 5.74) is 0. The van der Waals surface area contributed by atoms with Crippen molar-refractivity contribution in [1.82, 2.24) is 0 Å². The monoisotopic (exact) mass is 201 g/mol. The summed E-state index contributed by atoms with van der Waals surface area (Å²) >= 11 is 1.44. The maximum absolute atomic E-state index is 11.0. The lowest BCUT2D eigenvalue weighted by Crippen LogP contribution is -2.15. The molecule has 0 aliphatic rings. The first-order valence-corrected chi connectivity index (χ1v) is 5.50. The van der Waals surface area contributed by atoms with Gasteiger partial charge in [0.25, 0.3) is 0 Å². The van der Waals surface area contributed by atoms with Gasteiger partial charge in [-0.2, -0.15) is 5.26 Å². The van der Waals surface area contributed by atoms with Crippen molar-refractivity contribution in [3.63, 3.8) is 0 Å². The van der Waals surface area contributed by atoms with E-state index in [2.05, 4.69) is 0 Å². The fraction of sp³-hybridized carbons (Fsp3) is 0.778. The van der Waals surface area contributed by atoms with Crippen LogP contribution in [-0.2, 0) is 9.53 Å². The number of nitriles is 1. The second-order valence-electron chi connectivity index (χ2n) is 2.67. The Hall–Kier alpha value is -0.690. The molecule has 0 rings (SSSR count). The maximum Gasteiger partial charge on any atom is 0.316 e. The quantitative estimate of drug-likeness (QED) is 0.487. The smallest absolute Gasteiger partial charge is 0.316 e. The molecule has 0 N–H and O–H groups in total. The fourth-order valence-electron chi connectivity index (χ4n) is 0.615. The lowest BCUT2D eigenvalue weighted by molar-refractivity contribution is -0.144. The summed E-state index contributed by atoms with van der Waals surface area (Å²) in [5, 5.41) is 8.24. The van der Waals surface area contributed by atoms with E-state index in [4.69, 9.17) is 10.00 Å². The third-order valence-electron chi connectivity index (χ3n) is 1.49. The third kappa shape index (κ3) is 7.66. The second kappa shape index (κ2) is 7.93. The number of hydrogen-bond donors (Lipinski definition) is 0.